The number of nitrogens with one attached hydrogen (secondary N) is 1. The van der Waals surface area contributed by atoms with E-state index in [1.807, 2.05) is 0 Å². The van der Waals surface area contributed by atoms with Crippen molar-refractivity contribution in [3.8, 4) is 5.75 Å². The molecule has 0 bridgehead atoms. The number of benzene rings is 2. The molecule has 0 spiro atoms. The van der Waals surface area contributed by atoms with E-state index in [1.165, 1.54) is 41.2 Å². The van der Waals surface area contributed by atoms with Gasteiger partial charge in [0.1, 0.15) is 18.8 Å². The number of Topliss-reactive ketones (excluding diaryl/α,β-unsaturated/α-hetero) is 1. The Bertz CT molecular complexity index is 1170. The Kier molecular flexibility index (Phi) is 7.13. The minimum absolute atomic E-state index is 0.118. The van der Waals surface area contributed by atoms with Crippen LogP contribution in [0.15, 0.2) is 48.0 Å². The number of non-ortho nitro benzene ring substituents is 1. The number of ether oxygens (including phenoxy) is 2. The van der Waals surface area contributed by atoms with E-state index in [-0.39, 0.29) is 23.4 Å². The first-order chi connectivity index (χ1) is 16.8. The number of nitro benzene ring substituents is 1. The summed E-state index contributed by atoms with van der Waals surface area (Å²) < 4.78 is 10.6. The first kappa shape index (κ1) is 24.4. The molecule has 1 N–H and O–H groups in total. The number of carbonyl (C=O) groups is 2. The number of nitro groups is 1. The van der Waals surface area contributed by atoms with Crippen LogP contribution in [0.1, 0.15) is 22.7 Å². The van der Waals surface area contributed by atoms with Crippen molar-refractivity contribution in [1.82, 2.24) is 4.90 Å². The maximum Gasteiger partial charge on any atom is 0.295 e. The van der Waals surface area contributed by atoms with E-state index in [0.717, 1.165) is 18.7 Å². The van der Waals surface area contributed by atoms with E-state index in [2.05, 4.69) is 0 Å². The van der Waals surface area contributed by atoms with E-state index >= 15 is 0 Å². The van der Waals surface area contributed by atoms with Gasteiger partial charge in [0.2, 0.25) is 5.78 Å². The Labute approximate surface area is 202 Å². The molecule has 1 unspecified atom stereocenters. The second kappa shape index (κ2) is 10.2. The van der Waals surface area contributed by atoms with Crippen LogP contribution in [0.5, 0.6) is 5.75 Å². The van der Waals surface area contributed by atoms with Gasteiger partial charge in [-0.1, -0.05) is 11.8 Å². The highest BCUT2D eigenvalue weighted by Crippen LogP contribution is 2.39. The van der Waals surface area contributed by atoms with E-state index in [4.69, 9.17) is 9.47 Å². The fourth-order valence-corrected chi connectivity index (χ4v) is 4.59. The second-order valence-corrected chi connectivity index (χ2v) is 8.62. The number of nitrogens with zero attached hydrogens (tertiary/aromatic N) is 2. The number of ketones is 1. The monoisotopic (exact) mass is 481 g/mol. The molecule has 2 saturated heterocycles. The first-order valence-corrected chi connectivity index (χ1v) is 11.4. The van der Waals surface area contributed by atoms with Crippen LogP contribution in [0.3, 0.4) is 0 Å². The number of aryl methyl sites for hydroxylation is 1. The van der Waals surface area contributed by atoms with Gasteiger partial charge in [-0.3, -0.25) is 19.7 Å². The number of hydrogen-bond acceptors (Lipinski definition) is 7. The fourth-order valence-electron chi connectivity index (χ4n) is 4.59. The lowest BCUT2D eigenvalue weighted by Gasteiger charge is -2.30. The summed E-state index contributed by atoms with van der Waals surface area (Å²) in [6, 6.07) is 9.52. The molecule has 2 aliphatic heterocycles. The maximum atomic E-state index is 13.6. The molecular weight excluding hydrogens is 454 g/mol. The summed E-state index contributed by atoms with van der Waals surface area (Å²) in [7, 11) is 1.52. The van der Waals surface area contributed by atoms with Crippen molar-refractivity contribution >= 4 is 23.1 Å². The molecule has 2 aliphatic rings. The van der Waals surface area contributed by atoms with Gasteiger partial charge in [-0.15, -0.1) is 0 Å². The molecule has 2 fully saturated rings. The van der Waals surface area contributed by atoms with Crippen LogP contribution in [0.2, 0.25) is 0 Å². The number of methoxy groups -OCH3 is 1. The van der Waals surface area contributed by atoms with Crippen LogP contribution in [-0.2, 0) is 14.3 Å². The predicted octanol–water partition coefficient (Wildman–Crippen LogP) is 0.0509. The summed E-state index contributed by atoms with van der Waals surface area (Å²) in [5.41, 5.74) is 1.19. The van der Waals surface area contributed by atoms with Crippen molar-refractivity contribution in [2.45, 2.75) is 13.0 Å². The molecule has 35 heavy (non-hydrogen) atoms. The molecule has 2 aromatic rings. The third-order valence-electron chi connectivity index (χ3n) is 6.51. The number of likely N-dealkylation sites (tertiary alicyclic amines) is 1. The third kappa shape index (κ3) is 4.89. The Hall–Kier alpha value is -3.76. The average molecular weight is 482 g/mol. The van der Waals surface area contributed by atoms with Gasteiger partial charge in [0.25, 0.3) is 11.6 Å². The van der Waals surface area contributed by atoms with E-state index in [0.29, 0.717) is 31.1 Å². The van der Waals surface area contributed by atoms with E-state index < -0.39 is 28.4 Å². The van der Waals surface area contributed by atoms with Gasteiger partial charge in [-0.25, -0.2) is 0 Å². The Morgan fingerprint density at radius 2 is 1.86 bits per heavy atom. The van der Waals surface area contributed by atoms with Crippen molar-refractivity contribution in [3.05, 3.63) is 74.8 Å². The summed E-state index contributed by atoms with van der Waals surface area (Å²) in [6.07, 6.45) is 0. The lowest BCUT2D eigenvalue weighted by Crippen LogP contribution is -3.14. The highest BCUT2D eigenvalue weighted by Gasteiger charge is 2.44. The molecule has 184 valence electrons. The highest BCUT2D eigenvalue weighted by molar-refractivity contribution is 6.46. The predicted molar refractivity (Wildman–Crippen MR) is 124 cm³/mol. The van der Waals surface area contributed by atoms with Crippen molar-refractivity contribution in [3.63, 3.8) is 0 Å². The van der Waals surface area contributed by atoms with Crippen molar-refractivity contribution in [1.29, 1.82) is 0 Å². The van der Waals surface area contributed by atoms with Crippen molar-refractivity contribution in [2.24, 2.45) is 0 Å². The molecule has 0 radical (unpaired) electrons. The zero-order chi connectivity index (χ0) is 25.1. The van der Waals surface area contributed by atoms with E-state index in [1.54, 1.807) is 25.1 Å². The zero-order valence-electron chi connectivity index (χ0n) is 19.6. The molecule has 0 saturated carbocycles. The number of quaternary nitrogens is 1. The van der Waals surface area contributed by atoms with Gasteiger partial charge in [0.15, 0.2) is 0 Å². The van der Waals surface area contributed by atoms with E-state index in [9.17, 15) is 24.8 Å². The largest absolute Gasteiger partial charge is 0.872 e. The third-order valence-corrected chi connectivity index (χ3v) is 6.51. The number of carbonyl (C=O) groups excluding carboxylic acids is 2. The topological polar surface area (TPSA) is 126 Å². The Morgan fingerprint density at radius 3 is 2.46 bits per heavy atom. The van der Waals surface area contributed by atoms with Crippen LogP contribution >= 0.6 is 0 Å². The molecule has 10 heteroatoms. The van der Waals surface area contributed by atoms with Crippen LogP contribution in [0, 0.1) is 17.0 Å². The smallest absolute Gasteiger partial charge is 0.295 e. The number of morpholine rings is 1. The lowest BCUT2D eigenvalue weighted by molar-refractivity contribution is -0.907. The van der Waals surface area contributed by atoms with Crippen molar-refractivity contribution < 1.29 is 34.0 Å². The van der Waals surface area contributed by atoms with Crippen LogP contribution in [0.25, 0.3) is 5.76 Å². The van der Waals surface area contributed by atoms with Gasteiger partial charge >= 0.3 is 0 Å². The minimum Gasteiger partial charge on any atom is -0.872 e. The van der Waals surface area contributed by atoms with Gasteiger partial charge in [0, 0.05) is 17.7 Å². The average Bonchev–Trinajstić information content (AvgIpc) is 3.12. The molecule has 0 aromatic heterocycles. The first-order valence-electron chi connectivity index (χ1n) is 11.4. The zero-order valence-corrected chi connectivity index (χ0v) is 19.6. The molecule has 2 aromatic carbocycles. The quantitative estimate of drug-likeness (QED) is 0.195. The molecule has 1 amide bonds. The number of rotatable bonds is 7. The summed E-state index contributed by atoms with van der Waals surface area (Å²) in [5, 5.41) is 24.7. The Morgan fingerprint density at radius 1 is 1.17 bits per heavy atom. The number of hydrogen-bond donors (Lipinski definition) is 1. The van der Waals surface area contributed by atoms with Crippen LogP contribution in [0.4, 0.5) is 5.69 Å². The minimum atomic E-state index is -0.925. The summed E-state index contributed by atoms with van der Waals surface area (Å²) in [4.78, 5) is 39.5. The standard InChI is InChI=1S/C25H27N3O7/c1-16-15-18(5-8-20(16)34-2)23(29)21-22(17-3-6-19(7-4-17)28(32)33)27(25(31)24(21)30)10-9-26-11-13-35-14-12-26/h3-8,15,22,29H,9-14H2,1-2H3. The van der Waals surface area contributed by atoms with Crippen LogP contribution in [-0.4, -0.2) is 68.0 Å². The SMILES string of the molecule is COc1ccc(C([O-])=C2C(=O)C(=O)N(CC[NH+]3CCOCC3)C2c2ccc([N+](=O)[O-])cc2)cc1C. The molecule has 4 rings (SSSR count). The molecular formula is C25H27N3O7. The normalized spacial score (nSPS) is 20.3. The molecule has 2 heterocycles. The second-order valence-electron chi connectivity index (χ2n) is 8.62. The fraction of sp³-hybridized carbons (Fsp3) is 0.360. The summed E-state index contributed by atoms with van der Waals surface area (Å²) >= 11 is 0. The summed E-state index contributed by atoms with van der Waals surface area (Å²) in [6.45, 7) is 5.47. The highest BCUT2D eigenvalue weighted by atomic mass is 16.6. The van der Waals surface area contributed by atoms with Gasteiger partial charge in [0.05, 0.1) is 44.4 Å². The lowest BCUT2D eigenvalue weighted by atomic mass is 9.94. The molecule has 0 aliphatic carbocycles. The van der Waals surface area contributed by atoms with Crippen LogP contribution < -0.4 is 14.7 Å². The van der Waals surface area contributed by atoms with Gasteiger partial charge < -0.3 is 24.4 Å². The van der Waals surface area contributed by atoms with Gasteiger partial charge in [-0.2, -0.15) is 0 Å². The molecule has 1 atom stereocenters. The van der Waals surface area contributed by atoms with Crippen molar-refractivity contribution in [2.75, 3.05) is 46.5 Å². The molecule has 10 nitrogen and oxygen atoms in total. The number of amides is 1. The summed E-state index contributed by atoms with van der Waals surface area (Å²) in [5.74, 6) is -1.53. The Balaban J connectivity index is 1.76. The maximum absolute atomic E-state index is 13.6. The van der Waals surface area contributed by atoms with Gasteiger partial charge in [-0.05, 0) is 47.9 Å².